The van der Waals surface area contributed by atoms with Crippen LogP contribution in [0.3, 0.4) is 0 Å². The van der Waals surface area contributed by atoms with Crippen LogP contribution in [0.2, 0.25) is 8.87 Å². The molecule has 0 bridgehead atoms. The van der Waals surface area contributed by atoms with Crippen molar-refractivity contribution in [2.75, 3.05) is 0 Å². The summed E-state index contributed by atoms with van der Waals surface area (Å²) in [6.07, 6.45) is 18.2. The van der Waals surface area contributed by atoms with E-state index in [-0.39, 0.29) is 27.1 Å². The van der Waals surface area contributed by atoms with Crippen LogP contribution in [0.4, 0.5) is 0 Å². The number of para-hydroxylation sites is 1. The molecule has 160 valence electrons. The van der Waals surface area contributed by atoms with Crippen molar-refractivity contribution >= 4 is 27.1 Å². The molecule has 0 heterocycles. The van der Waals surface area contributed by atoms with Gasteiger partial charge in [-0.05, 0) is 12.1 Å². The Morgan fingerprint density at radius 1 is 0.714 bits per heavy atom. The molecule has 1 aromatic rings. The second-order valence-electron chi connectivity index (χ2n) is 7.43. The molecule has 0 amide bonds. The fraction of sp³-hybridized carbons (Fsp3) is 0.720. The van der Waals surface area contributed by atoms with Crippen molar-refractivity contribution in [3.63, 3.8) is 0 Å². The van der Waals surface area contributed by atoms with Crippen molar-refractivity contribution in [3.05, 3.63) is 30.3 Å². The summed E-state index contributed by atoms with van der Waals surface area (Å²) >= 11 is 0.0736. The Hall–Kier alpha value is -0.511. The fourth-order valence-electron chi connectivity index (χ4n) is 2.88. The van der Waals surface area contributed by atoms with Crippen molar-refractivity contribution in [3.8, 4) is 5.75 Å². The summed E-state index contributed by atoms with van der Waals surface area (Å²) in [6.45, 7) is 6.37. The summed E-state index contributed by atoms with van der Waals surface area (Å²) < 4.78 is 8.24. The van der Waals surface area contributed by atoms with E-state index >= 15 is 0 Å². The zero-order valence-corrected chi connectivity index (χ0v) is 21.7. The first kappa shape index (κ1) is 27.5. The number of hydrogen-bond acceptors (Lipinski definition) is 2. The van der Waals surface area contributed by atoms with Gasteiger partial charge in [0, 0.05) is 6.42 Å². The van der Waals surface area contributed by atoms with E-state index in [1.165, 1.54) is 64.2 Å². The molecule has 3 heteroatoms. The first-order chi connectivity index (χ1) is 13.7. The van der Waals surface area contributed by atoms with Gasteiger partial charge in [0.1, 0.15) is 5.75 Å². The van der Waals surface area contributed by atoms with Crippen LogP contribution in [0.15, 0.2) is 30.3 Å². The third-order valence-electron chi connectivity index (χ3n) is 4.68. The molecule has 0 spiro atoms. The summed E-state index contributed by atoms with van der Waals surface area (Å²) in [5.74, 6) is 0.413. The Morgan fingerprint density at radius 3 is 1.64 bits per heavy atom. The molecule has 0 N–H and O–H groups in total. The monoisotopic (exact) mass is 496 g/mol. The van der Waals surface area contributed by atoms with Crippen molar-refractivity contribution in [2.45, 2.75) is 113 Å². The molecule has 0 unspecified atom stereocenters. The first-order valence-electron chi connectivity index (χ1n) is 11.7. The average molecular weight is 495 g/mol. The Kier molecular flexibility index (Phi) is 22.4. The van der Waals surface area contributed by atoms with E-state index in [4.69, 9.17) is 4.74 Å². The number of benzene rings is 1. The molecule has 0 saturated heterocycles. The number of ether oxygens (including phenoxy) is 1. The van der Waals surface area contributed by atoms with Gasteiger partial charge in [0.25, 0.3) is 0 Å². The minimum absolute atomic E-state index is 0.0736. The number of carbonyl (C=O) groups is 1. The SMILES string of the molecule is CCC(=O)Oc1ccccc1.CCCCCCC[CH2][Sn][CH2]CCCCCCC. The maximum absolute atomic E-state index is 10.8. The van der Waals surface area contributed by atoms with Crippen molar-refractivity contribution in [1.82, 2.24) is 0 Å². The normalized spacial score (nSPS) is 10.2. The summed E-state index contributed by atoms with van der Waals surface area (Å²) in [6, 6.07) is 9.06. The molecule has 1 rings (SSSR count). The molecular formula is C25H44O2Sn. The summed E-state index contributed by atoms with van der Waals surface area (Å²) in [5, 5.41) is 0. The minimum atomic E-state index is -0.198. The molecule has 28 heavy (non-hydrogen) atoms. The Morgan fingerprint density at radius 2 is 1.18 bits per heavy atom. The van der Waals surface area contributed by atoms with E-state index in [2.05, 4.69) is 13.8 Å². The summed E-state index contributed by atoms with van der Waals surface area (Å²) in [5.41, 5.74) is 0. The van der Waals surface area contributed by atoms with Gasteiger partial charge in [0.15, 0.2) is 0 Å². The third kappa shape index (κ3) is 20.2. The predicted molar refractivity (Wildman–Crippen MR) is 124 cm³/mol. The predicted octanol–water partition coefficient (Wildman–Crippen LogP) is 8.25. The van der Waals surface area contributed by atoms with E-state index < -0.39 is 0 Å². The first-order valence-corrected chi connectivity index (χ1v) is 15.7. The van der Waals surface area contributed by atoms with E-state index in [0.29, 0.717) is 12.2 Å². The standard InChI is InChI=1S/C9H10O2.2C8H17.Sn/c1-2-9(10)11-8-6-4-3-5-7-8;2*1-3-5-7-8-6-4-2;/h3-7H,2H2,1H3;2*1,3-8H2,2H3;. The van der Waals surface area contributed by atoms with Crippen molar-refractivity contribution < 1.29 is 9.53 Å². The van der Waals surface area contributed by atoms with Gasteiger partial charge in [-0.15, -0.1) is 0 Å². The van der Waals surface area contributed by atoms with Crippen molar-refractivity contribution in [2.24, 2.45) is 0 Å². The van der Waals surface area contributed by atoms with Gasteiger partial charge >= 0.3 is 127 Å². The topological polar surface area (TPSA) is 26.3 Å². The zero-order valence-electron chi connectivity index (χ0n) is 18.8. The van der Waals surface area contributed by atoms with Crippen LogP contribution in [0.1, 0.15) is 104 Å². The van der Waals surface area contributed by atoms with E-state index in [1.807, 2.05) is 18.2 Å². The number of carbonyl (C=O) groups excluding carboxylic acids is 1. The Labute approximate surface area is 185 Å². The van der Waals surface area contributed by atoms with Crippen LogP contribution in [-0.4, -0.2) is 27.1 Å². The van der Waals surface area contributed by atoms with Crippen LogP contribution >= 0.6 is 0 Å². The van der Waals surface area contributed by atoms with Gasteiger partial charge in [-0.3, -0.25) is 4.79 Å². The molecule has 2 nitrogen and oxygen atoms in total. The Bertz CT molecular complexity index is 419. The molecule has 0 fully saturated rings. The van der Waals surface area contributed by atoms with E-state index in [0.717, 1.165) is 0 Å². The van der Waals surface area contributed by atoms with Gasteiger partial charge in [-0.1, -0.05) is 25.1 Å². The second-order valence-corrected chi connectivity index (χ2v) is 11.7. The molecule has 0 aliphatic rings. The number of esters is 1. The quantitative estimate of drug-likeness (QED) is 0.0999. The van der Waals surface area contributed by atoms with Gasteiger partial charge in [-0.25, -0.2) is 0 Å². The molecule has 2 radical (unpaired) electrons. The van der Waals surface area contributed by atoms with Crippen LogP contribution in [0, 0.1) is 0 Å². The average Bonchev–Trinajstić information content (AvgIpc) is 2.72. The van der Waals surface area contributed by atoms with Crippen LogP contribution < -0.4 is 4.74 Å². The van der Waals surface area contributed by atoms with Gasteiger partial charge in [0.2, 0.25) is 0 Å². The van der Waals surface area contributed by atoms with Gasteiger partial charge in [-0.2, -0.15) is 0 Å². The Balaban J connectivity index is 0.000000567. The summed E-state index contributed by atoms with van der Waals surface area (Å²) in [7, 11) is 0. The molecule has 0 aliphatic carbocycles. The number of unbranched alkanes of at least 4 members (excludes halogenated alkanes) is 10. The van der Waals surface area contributed by atoms with Crippen molar-refractivity contribution in [1.29, 1.82) is 0 Å². The molecule has 0 saturated carbocycles. The van der Waals surface area contributed by atoms with E-state index in [1.54, 1.807) is 40.8 Å². The molecular weight excluding hydrogens is 451 g/mol. The van der Waals surface area contributed by atoms with E-state index in [9.17, 15) is 4.79 Å². The van der Waals surface area contributed by atoms with Gasteiger partial charge < -0.3 is 4.74 Å². The maximum atomic E-state index is 10.8. The van der Waals surface area contributed by atoms with Crippen LogP contribution in [-0.2, 0) is 4.79 Å². The second kappa shape index (κ2) is 22.8. The molecule has 0 aliphatic heterocycles. The molecule has 0 aromatic heterocycles. The molecule has 0 atom stereocenters. The fourth-order valence-corrected chi connectivity index (χ4v) is 6.45. The molecule has 1 aromatic carbocycles. The number of hydrogen-bond donors (Lipinski definition) is 0. The van der Waals surface area contributed by atoms with Crippen LogP contribution in [0.5, 0.6) is 5.75 Å². The van der Waals surface area contributed by atoms with Gasteiger partial charge in [0.05, 0.1) is 0 Å². The zero-order chi connectivity index (χ0) is 20.7. The summed E-state index contributed by atoms with van der Waals surface area (Å²) in [4.78, 5) is 10.8. The van der Waals surface area contributed by atoms with Crippen LogP contribution in [0.25, 0.3) is 0 Å². The third-order valence-corrected chi connectivity index (χ3v) is 8.71. The number of rotatable bonds is 16.